The third kappa shape index (κ3) is 3.04. The summed E-state index contributed by atoms with van der Waals surface area (Å²) in [5.74, 6) is 3.87. The van der Waals surface area contributed by atoms with Gasteiger partial charge in [-0.1, -0.05) is 45.3 Å². The fourth-order valence-corrected chi connectivity index (χ4v) is 5.34. The van der Waals surface area contributed by atoms with Gasteiger partial charge in [-0.15, -0.1) is 0 Å². The number of guanidine groups is 1. The van der Waals surface area contributed by atoms with Crippen LogP contribution in [0.3, 0.4) is 0 Å². The van der Waals surface area contributed by atoms with Crippen molar-refractivity contribution in [2.24, 2.45) is 34.4 Å². The lowest BCUT2D eigenvalue weighted by atomic mass is 9.63. The second kappa shape index (κ2) is 7.06. The molecule has 3 nitrogen and oxygen atoms in total. The molecule has 2 fully saturated rings. The Balaban J connectivity index is 1.80. The van der Waals surface area contributed by atoms with Crippen LogP contribution in [0.25, 0.3) is 0 Å². The molecule has 6 atom stereocenters. The highest BCUT2D eigenvalue weighted by atomic mass is 15.2. The molecular weight excluding hydrogens is 270 g/mol. The van der Waals surface area contributed by atoms with Gasteiger partial charge in [0.15, 0.2) is 5.96 Å². The standard InChI is InChI=1S/C19H33N3/c1-3-5-6-7-9-15-13(8-4-2)12-14-10-11-16-17(14)18(15)22-19(20)21-16/h6-7,13-18H,3-5,8-12H2,1-2H3,(H3,20,21,22)/b7-6-/t13-,14?,15-,16?,17?,18?/m1/s1. The number of hydrogen-bond acceptors (Lipinski definition) is 3. The summed E-state index contributed by atoms with van der Waals surface area (Å²) in [4.78, 5) is 4.91. The molecule has 3 aliphatic rings. The first kappa shape index (κ1) is 15.9. The average Bonchev–Trinajstić information content (AvgIpc) is 2.89. The first-order valence-corrected chi connectivity index (χ1v) is 9.49. The fourth-order valence-electron chi connectivity index (χ4n) is 5.34. The van der Waals surface area contributed by atoms with E-state index in [9.17, 15) is 0 Å². The maximum atomic E-state index is 6.11. The molecule has 22 heavy (non-hydrogen) atoms. The summed E-state index contributed by atoms with van der Waals surface area (Å²) in [6.45, 7) is 4.57. The third-order valence-electron chi connectivity index (χ3n) is 6.21. The second-order valence-electron chi connectivity index (χ2n) is 7.61. The van der Waals surface area contributed by atoms with Gasteiger partial charge in [-0.2, -0.15) is 0 Å². The van der Waals surface area contributed by atoms with E-state index in [1.807, 2.05) is 0 Å². The van der Waals surface area contributed by atoms with Crippen LogP contribution in [-0.2, 0) is 0 Å². The van der Waals surface area contributed by atoms with Crippen molar-refractivity contribution in [2.75, 3.05) is 0 Å². The quantitative estimate of drug-likeness (QED) is 0.732. The van der Waals surface area contributed by atoms with Gasteiger partial charge in [-0.05, 0) is 49.9 Å². The van der Waals surface area contributed by atoms with Crippen molar-refractivity contribution in [3.05, 3.63) is 12.2 Å². The van der Waals surface area contributed by atoms with Gasteiger partial charge in [0.25, 0.3) is 0 Å². The van der Waals surface area contributed by atoms with Crippen molar-refractivity contribution in [2.45, 2.75) is 77.3 Å². The van der Waals surface area contributed by atoms with Crippen LogP contribution in [0.15, 0.2) is 17.1 Å². The van der Waals surface area contributed by atoms with E-state index in [4.69, 9.17) is 10.7 Å². The molecule has 0 spiro atoms. The number of nitrogens with two attached hydrogens (primary N) is 1. The monoisotopic (exact) mass is 303 g/mol. The van der Waals surface area contributed by atoms with Gasteiger partial charge < -0.3 is 11.1 Å². The Morgan fingerprint density at radius 1 is 1.23 bits per heavy atom. The largest absolute Gasteiger partial charge is 0.370 e. The first-order valence-electron chi connectivity index (χ1n) is 9.49. The maximum absolute atomic E-state index is 6.11. The summed E-state index contributed by atoms with van der Waals surface area (Å²) in [6.07, 6.45) is 15.2. The lowest BCUT2D eigenvalue weighted by Gasteiger charge is -2.47. The van der Waals surface area contributed by atoms with Crippen LogP contribution in [0.4, 0.5) is 0 Å². The molecule has 0 aromatic rings. The second-order valence-corrected chi connectivity index (χ2v) is 7.61. The van der Waals surface area contributed by atoms with Crippen LogP contribution in [0, 0.1) is 23.7 Å². The van der Waals surface area contributed by atoms with Gasteiger partial charge in [0.2, 0.25) is 0 Å². The molecule has 0 radical (unpaired) electrons. The van der Waals surface area contributed by atoms with E-state index >= 15 is 0 Å². The smallest absolute Gasteiger partial charge is 0.189 e. The lowest BCUT2D eigenvalue weighted by molar-refractivity contribution is 0.0836. The number of nitrogens with zero attached hydrogens (tertiary/aromatic N) is 1. The molecule has 124 valence electrons. The third-order valence-corrected chi connectivity index (χ3v) is 6.21. The van der Waals surface area contributed by atoms with Gasteiger partial charge >= 0.3 is 0 Å². The topological polar surface area (TPSA) is 50.4 Å². The number of unbranched alkanes of at least 4 members (excludes halogenated alkanes) is 1. The SMILES string of the molecule is CCC/C=C\C[C@H]1C2N=C(N)NC3CCC(C[C@H]1CCC)C32. The Labute approximate surface area is 135 Å². The normalized spacial score (nSPS) is 40.4. The molecule has 0 aromatic heterocycles. The van der Waals surface area contributed by atoms with E-state index in [0.29, 0.717) is 24.0 Å². The zero-order valence-corrected chi connectivity index (χ0v) is 14.3. The summed E-state index contributed by atoms with van der Waals surface area (Å²) in [5, 5.41) is 3.46. The van der Waals surface area contributed by atoms with Crippen LogP contribution in [-0.4, -0.2) is 18.0 Å². The minimum absolute atomic E-state index is 0.468. The number of aliphatic imine (C=N–C) groups is 1. The predicted octanol–water partition coefficient (Wildman–Crippen LogP) is 3.85. The van der Waals surface area contributed by atoms with Gasteiger partial charge in [0, 0.05) is 12.0 Å². The first-order chi connectivity index (χ1) is 10.7. The zero-order valence-electron chi connectivity index (χ0n) is 14.3. The number of nitrogens with one attached hydrogen (secondary N) is 1. The highest BCUT2D eigenvalue weighted by Gasteiger charge is 2.51. The summed E-state index contributed by atoms with van der Waals surface area (Å²) < 4.78 is 0. The Morgan fingerprint density at radius 3 is 2.86 bits per heavy atom. The van der Waals surface area contributed by atoms with Gasteiger partial charge in [-0.3, -0.25) is 0 Å². The van der Waals surface area contributed by atoms with E-state index in [1.54, 1.807) is 0 Å². The van der Waals surface area contributed by atoms with Crippen molar-refractivity contribution in [1.82, 2.24) is 5.32 Å². The summed E-state index contributed by atoms with van der Waals surface area (Å²) in [6, 6.07) is 1.06. The van der Waals surface area contributed by atoms with E-state index in [2.05, 4.69) is 31.3 Å². The summed E-state index contributed by atoms with van der Waals surface area (Å²) >= 11 is 0. The van der Waals surface area contributed by atoms with E-state index in [0.717, 1.165) is 17.8 Å². The molecule has 4 unspecified atom stereocenters. The summed E-state index contributed by atoms with van der Waals surface area (Å²) in [5.41, 5.74) is 6.11. The highest BCUT2D eigenvalue weighted by Crippen LogP contribution is 2.51. The van der Waals surface area contributed by atoms with Gasteiger partial charge in [-0.25, -0.2) is 4.99 Å². The molecule has 3 heteroatoms. The van der Waals surface area contributed by atoms with Crippen molar-refractivity contribution in [3.63, 3.8) is 0 Å². The molecule has 0 saturated heterocycles. The Hall–Kier alpha value is -0.990. The summed E-state index contributed by atoms with van der Waals surface area (Å²) in [7, 11) is 0. The molecule has 2 aliphatic carbocycles. The number of rotatable bonds is 6. The van der Waals surface area contributed by atoms with E-state index in [1.165, 1.54) is 51.4 Å². The fraction of sp³-hybridized carbons (Fsp3) is 0.842. The van der Waals surface area contributed by atoms with Crippen molar-refractivity contribution >= 4 is 5.96 Å². The minimum atomic E-state index is 0.468. The predicted molar refractivity (Wildman–Crippen MR) is 93.7 cm³/mol. The van der Waals surface area contributed by atoms with Crippen LogP contribution in [0.2, 0.25) is 0 Å². The van der Waals surface area contributed by atoms with E-state index < -0.39 is 0 Å². The van der Waals surface area contributed by atoms with E-state index in [-0.39, 0.29) is 0 Å². The molecule has 2 saturated carbocycles. The zero-order chi connectivity index (χ0) is 15.5. The van der Waals surface area contributed by atoms with Gasteiger partial charge in [0.05, 0.1) is 6.04 Å². The van der Waals surface area contributed by atoms with Crippen LogP contribution in [0.1, 0.15) is 65.2 Å². The highest BCUT2D eigenvalue weighted by molar-refractivity contribution is 5.79. The Kier molecular flexibility index (Phi) is 5.10. The van der Waals surface area contributed by atoms with Crippen LogP contribution in [0.5, 0.6) is 0 Å². The number of allylic oxidation sites excluding steroid dienone is 2. The lowest BCUT2D eigenvalue weighted by Crippen LogP contribution is -2.56. The van der Waals surface area contributed by atoms with Crippen LogP contribution >= 0.6 is 0 Å². The average molecular weight is 303 g/mol. The Bertz CT molecular complexity index is 428. The van der Waals surface area contributed by atoms with Crippen molar-refractivity contribution in [3.8, 4) is 0 Å². The molecule has 3 rings (SSSR count). The minimum Gasteiger partial charge on any atom is -0.370 e. The van der Waals surface area contributed by atoms with Crippen molar-refractivity contribution in [1.29, 1.82) is 0 Å². The molecule has 3 N–H and O–H groups in total. The Morgan fingerprint density at radius 2 is 2.09 bits per heavy atom. The van der Waals surface area contributed by atoms with Gasteiger partial charge in [0.1, 0.15) is 0 Å². The number of hydrogen-bond donors (Lipinski definition) is 2. The molecule has 0 amide bonds. The maximum Gasteiger partial charge on any atom is 0.189 e. The molecule has 1 aliphatic heterocycles. The van der Waals surface area contributed by atoms with Crippen LogP contribution < -0.4 is 11.1 Å². The molecule has 1 heterocycles. The van der Waals surface area contributed by atoms with Crippen molar-refractivity contribution < 1.29 is 0 Å². The molecule has 0 aromatic carbocycles. The molecule has 0 bridgehead atoms. The molecular formula is C19H33N3.